The van der Waals surface area contributed by atoms with Crippen LogP contribution in [-0.2, 0) is 19.1 Å². The lowest BCUT2D eigenvalue weighted by atomic mass is 10.0. The number of rotatable bonds is 11. The van der Waals surface area contributed by atoms with E-state index in [2.05, 4.69) is 10.3 Å². The Morgan fingerprint density at radius 3 is 2.48 bits per heavy atom. The van der Waals surface area contributed by atoms with E-state index in [9.17, 15) is 29.1 Å². The molecule has 14 heteroatoms. The van der Waals surface area contributed by atoms with Crippen LogP contribution in [0.2, 0.25) is 5.02 Å². The van der Waals surface area contributed by atoms with E-state index >= 15 is 0 Å². The van der Waals surface area contributed by atoms with Gasteiger partial charge in [0.2, 0.25) is 5.91 Å². The SMILES string of the molecule is CCOC(=O)N1CCN(C(=O)C(CCC(=O)O)NC(=O)c2cc(OCC(=O)N3CCCC3c3cccc(Cl)c3)c3ccccc3n2)CC1. The molecule has 2 atom stereocenters. The first-order valence-corrected chi connectivity index (χ1v) is 16.3. The molecule has 1 aromatic heterocycles. The molecule has 0 radical (unpaired) electrons. The summed E-state index contributed by atoms with van der Waals surface area (Å²) < 4.78 is 11.1. The van der Waals surface area contributed by atoms with Crippen LogP contribution in [0.5, 0.6) is 5.75 Å². The number of benzene rings is 2. The summed E-state index contributed by atoms with van der Waals surface area (Å²) >= 11 is 6.20. The van der Waals surface area contributed by atoms with Crippen molar-refractivity contribution in [2.75, 3.05) is 45.9 Å². The van der Waals surface area contributed by atoms with Crippen molar-refractivity contribution < 1.29 is 38.6 Å². The molecule has 2 aromatic carbocycles. The van der Waals surface area contributed by atoms with Crippen LogP contribution in [0.25, 0.3) is 10.9 Å². The number of carbonyl (C=O) groups is 5. The van der Waals surface area contributed by atoms with Crippen LogP contribution in [0.1, 0.15) is 54.7 Å². The zero-order chi connectivity index (χ0) is 34.2. The average molecular weight is 680 g/mol. The van der Waals surface area contributed by atoms with Crippen molar-refractivity contribution in [3.63, 3.8) is 0 Å². The number of carbonyl (C=O) groups excluding carboxylic acids is 4. The van der Waals surface area contributed by atoms with Gasteiger partial charge in [-0.15, -0.1) is 0 Å². The van der Waals surface area contributed by atoms with Crippen molar-refractivity contribution in [1.29, 1.82) is 0 Å². The number of pyridine rings is 1. The Morgan fingerprint density at radius 1 is 1.00 bits per heavy atom. The Balaban J connectivity index is 1.30. The summed E-state index contributed by atoms with van der Waals surface area (Å²) in [6.07, 6.45) is 0.677. The van der Waals surface area contributed by atoms with Gasteiger partial charge in [-0.1, -0.05) is 35.9 Å². The van der Waals surface area contributed by atoms with Gasteiger partial charge in [0, 0.05) is 55.6 Å². The first kappa shape index (κ1) is 34.4. The fourth-order valence-corrected chi connectivity index (χ4v) is 6.23. The molecular weight excluding hydrogens is 642 g/mol. The number of aliphatic carboxylic acids is 1. The Kier molecular flexibility index (Phi) is 11.3. The molecule has 0 bridgehead atoms. The molecule has 3 aromatic rings. The number of aromatic nitrogens is 1. The second-order valence-corrected chi connectivity index (χ2v) is 12.0. The Labute approximate surface area is 282 Å². The molecule has 2 unspecified atom stereocenters. The maximum atomic E-state index is 13.6. The summed E-state index contributed by atoms with van der Waals surface area (Å²) in [6.45, 7) is 3.13. The van der Waals surface area contributed by atoms with Gasteiger partial charge in [-0.2, -0.15) is 0 Å². The number of fused-ring (bicyclic) bond motifs is 1. The molecule has 2 N–H and O–H groups in total. The molecule has 2 aliphatic rings. The lowest BCUT2D eigenvalue weighted by Crippen LogP contribution is -2.56. The van der Waals surface area contributed by atoms with Crippen molar-refractivity contribution in [3.05, 3.63) is 70.9 Å². The fourth-order valence-electron chi connectivity index (χ4n) is 6.03. The number of likely N-dealkylation sites (tertiary alicyclic amines) is 1. The van der Waals surface area contributed by atoms with Crippen molar-refractivity contribution in [2.45, 2.75) is 44.7 Å². The number of carboxylic acid groups (broad SMARTS) is 1. The van der Waals surface area contributed by atoms with Gasteiger partial charge in [0.25, 0.3) is 11.8 Å². The highest BCUT2D eigenvalue weighted by atomic mass is 35.5. The van der Waals surface area contributed by atoms with Crippen molar-refractivity contribution >= 4 is 52.3 Å². The zero-order valence-corrected chi connectivity index (χ0v) is 27.4. The smallest absolute Gasteiger partial charge is 0.409 e. The highest BCUT2D eigenvalue weighted by Crippen LogP contribution is 2.33. The predicted molar refractivity (Wildman–Crippen MR) is 176 cm³/mol. The molecular formula is C34H38ClN5O8. The third-order valence-electron chi connectivity index (χ3n) is 8.44. The molecule has 48 heavy (non-hydrogen) atoms. The van der Waals surface area contributed by atoms with Crippen molar-refractivity contribution in [3.8, 4) is 5.75 Å². The zero-order valence-electron chi connectivity index (χ0n) is 26.6. The number of halogens is 1. The predicted octanol–water partition coefficient (Wildman–Crippen LogP) is 3.89. The lowest BCUT2D eigenvalue weighted by molar-refractivity contribution is -0.138. The van der Waals surface area contributed by atoms with Crippen molar-refractivity contribution in [2.24, 2.45) is 0 Å². The van der Waals surface area contributed by atoms with Crippen LogP contribution in [-0.4, -0.2) is 107 Å². The number of ether oxygens (including phenoxy) is 2. The van der Waals surface area contributed by atoms with E-state index < -0.39 is 29.9 Å². The van der Waals surface area contributed by atoms with E-state index in [1.807, 2.05) is 18.2 Å². The van der Waals surface area contributed by atoms with Crippen LogP contribution in [0.15, 0.2) is 54.6 Å². The second kappa shape index (κ2) is 15.8. The first-order chi connectivity index (χ1) is 23.1. The molecule has 2 aliphatic heterocycles. The minimum Gasteiger partial charge on any atom is -0.483 e. The summed E-state index contributed by atoms with van der Waals surface area (Å²) in [5.41, 5.74) is 1.33. The van der Waals surface area contributed by atoms with Gasteiger partial charge in [0.05, 0.1) is 18.2 Å². The maximum Gasteiger partial charge on any atom is 0.409 e. The van der Waals surface area contributed by atoms with Crippen LogP contribution in [0.4, 0.5) is 4.79 Å². The average Bonchev–Trinajstić information content (AvgIpc) is 3.59. The van der Waals surface area contributed by atoms with Gasteiger partial charge in [-0.3, -0.25) is 19.2 Å². The number of para-hydroxylation sites is 1. The Bertz CT molecular complexity index is 1680. The first-order valence-electron chi connectivity index (χ1n) is 15.9. The number of piperazine rings is 1. The Hall–Kier alpha value is -4.91. The lowest BCUT2D eigenvalue weighted by Gasteiger charge is -2.35. The fraction of sp³-hybridized carbons (Fsp3) is 0.412. The van der Waals surface area contributed by atoms with Gasteiger partial charge in [-0.05, 0) is 56.0 Å². The minimum atomic E-state index is -1.15. The topological polar surface area (TPSA) is 159 Å². The van der Waals surface area contributed by atoms with Gasteiger partial charge in [0.1, 0.15) is 17.5 Å². The van der Waals surface area contributed by atoms with Crippen LogP contribution < -0.4 is 10.1 Å². The van der Waals surface area contributed by atoms with E-state index in [1.165, 1.54) is 15.9 Å². The number of hydrogen-bond acceptors (Lipinski definition) is 8. The van der Waals surface area contributed by atoms with Crippen molar-refractivity contribution in [1.82, 2.24) is 25.0 Å². The molecule has 5 rings (SSSR count). The quantitative estimate of drug-likeness (QED) is 0.307. The molecule has 2 saturated heterocycles. The third kappa shape index (κ3) is 8.32. The van der Waals surface area contributed by atoms with E-state index in [0.717, 1.165) is 18.4 Å². The standard InChI is InChI=1S/C34H38ClN5O8/c1-2-47-34(46)39-17-15-38(16-18-39)33(45)26(12-13-31(42)43)37-32(44)27-20-29(24-9-3-4-10-25(24)36-27)48-21-30(41)40-14-6-11-28(40)22-7-5-8-23(35)19-22/h3-5,7-10,19-20,26,28H,2,6,11-18,21H2,1H3,(H,37,44)(H,42,43). The normalized spacial score (nSPS) is 16.8. The van der Waals surface area contributed by atoms with Crippen LogP contribution >= 0.6 is 11.6 Å². The number of nitrogens with zero attached hydrogens (tertiary/aromatic N) is 4. The van der Waals surface area contributed by atoms with Gasteiger partial charge >= 0.3 is 12.1 Å². The molecule has 3 heterocycles. The monoisotopic (exact) mass is 679 g/mol. The highest BCUT2D eigenvalue weighted by Gasteiger charge is 2.32. The number of nitrogens with one attached hydrogen (secondary N) is 1. The van der Waals surface area contributed by atoms with Gasteiger partial charge in [-0.25, -0.2) is 9.78 Å². The van der Waals surface area contributed by atoms with E-state index in [4.69, 9.17) is 21.1 Å². The summed E-state index contributed by atoms with van der Waals surface area (Å²) in [4.78, 5) is 73.2. The Morgan fingerprint density at radius 2 is 1.75 bits per heavy atom. The van der Waals surface area contributed by atoms with Crippen LogP contribution in [0.3, 0.4) is 0 Å². The molecule has 0 aliphatic carbocycles. The summed E-state index contributed by atoms with van der Waals surface area (Å²) in [6, 6.07) is 14.6. The number of carboxylic acids is 1. The molecule has 2 fully saturated rings. The van der Waals surface area contributed by atoms with E-state index in [0.29, 0.717) is 22.5 Å². The molecule has 254 valence electrons. The molecule has 13 nitrogen and oxygen atoms in total. The van der Waals surface area contributed by atoms with Gasteiger partial charge in [0.15, 0.2) is 6.61 Å². The minimum absolute atomic E-state index is 0.0608. The summed E-state index contributed by atoms with van der Waals surface area (Å²) in [5.74, 6) is -2.23. The van der Waals surface area contributed by atoms with Crippen LogP contribution in [0, 0.1) is 0 Å². The second-order valence-electron chi connectivity index (χ2n) is 11.6. The summed E-state index contributed by atoms with van der Waals surface area (Å²) in [7, 11) is 0. The molecule has 0 spiro atoms. The number of hydrogen-bond donors (Lipinski definition) is 2. The number of amides is 4. The largest absolute Gasteiger partial charge is 0.483 e. The highest BCUT2D eigenvalue weighted by molar-refractivity contribution is 6.30. The summed E-state index contributed by atoms with van der Waals surface area (Å²) in [5, 5.41) is 13.2. The van der Waals surface area contributed by atoms with Gasteiger partial charge < -0.3 is 34.6 Å². The molecule has 0 saturated carbocycles. The van der Waals surface area contributed by atoms with E-state index in [-0.39, 0.29) is 75.6 Å². The third-order valence-corrected chi connectivity index (χ3v) is 8.67. The maximum absolute atomic E-state index is 13.6. The molecule has 4 amide bonds. The van der Waals surface area contributed by atoms with E-state index in [1.54, 1.807) is 42.2 Å².